The molecule has 3 aromatic rings. The predicted molar refractivity (Wildman–Crippen MR) is 140 cm³/mol. The van der Waals surface area contributed by atoms with Crippen molar-refractivity contribution in [1.29, 1.82) is 0 Å². The van der Waals surface area contributed by atoms with E-state index in [0.29, 0.717) is 18.7 Å². The van der Waals surface area contributed by atoms with Crippen molar-refractivity contribution in [3.05, 3.63) is 88.5 Å². The average molecular weight is 484 g/mol. The number of hydrogen-bond donors (Lipinski definition) is 0. The van der Waals surface area contributed by atoms with Gasteiger partial charge in [0, 0.05) is 33.5 Å². The lowest BCUT2D eigenvalue weighted by molar-refractivity contribution is -0.134. The molecule has 2 aliphatic rings. The molecule has 1 amide bonds. The normalized spacial score (nSPS) is 15.2. The largest absolute Gasteiger partial charge is 0.493 e. The summed E-state index contributed by atoms with van der Waals surface area (Å²) in [6.45, 7) is 3.45. The van der Waals surface area contributed by atoms with Crippen LogP contribution in [0.2, 0.25) is 0 Å². The number of ketones is 1. The van der Waals surface area contributed by atoms with E-state index in [1.807, 2.05) is 6.07 Å². The van der Waals surface area contributed by atoms with E-state index in [1.54, 1.807) is 11.9 Å². The Bertz CT molecular complexity index is 1290. The molecule has 5 rings (SSSR count). The lowest BCUT2D eigenvalue weighted by atomic mass is 9.86. The molecule has 0 N–H and O–H groups in total. The molecule has 0 atom stereocenters. The van der Waals surface area contributed by atoms with E-state index in [1.165, 1.54) is 18.2 Å². The number of Topliss-reactive ketones (excluding diaryl/α,β-unsaturated/α-hetero) is 1. The van der Waals surface area contributed by atoms with Crippen LogP contribution >= 0.6 is 0 Å². The molecule has 0 bridgehead atoms. The minimum Gasteiger partial charge on any atom is -0.493 e. The van der Waals surface area contributed by atoms with Gasteiger partial charge in [-0.1, -0.05) is 54.6 Å². The molecule has 36 heavy (non-hydrogen) atoms. The van der Waals surface area contributed by atoms with Crippen LogP contribution in [0.15, 0.2) is 60.7 Å². The number of benzene rings is 3. The number of ether oxygens (including phenoxy) is 2. The van der Waals surface area contributed by atoms with Crippen LogP contribution in [0.1, 0.15) is 40.7 Å². The fraction of sp³-hybridized carbons (Fsp3) is 0.355. The number of rotatable bonds is 9. The van der Waals surface area contributed by atoms with Crippen LogP contribution in [-0.4, -0.2) is 44.0 Å². The molecule has 5 heteroatoms. The molecule has 0 unspecified atom stereocenters. The summed E-state index contributed by atoms with van der Waals surface area (Å²) >= 11 is 0. The summed E-state index contributed by atoms with van der Waals surface area (Å²) in [7, 11) is 3.31. The van der Waals surface area contributed by atoms with E-state index >= 15 is 0 Å². The number of hydrogen-bond acceptors (Lipinski definition) is 4. The zero-order valence-electron chi connectivity index (χ0n) is 21.3. The van der Waals surface area contributed by atoms with Crippen molar-refractivity contribution in [2.75, 3.05) is 27.4 Å². The molecule has 186 valence electrons. The van der Waals surface area contributed by atoms with Crippen LogP contribution in [0.4, 0.5) is 0 Å². The molecule has 1 aliphatic heterocycles. The third-order valence-corrected chi connectivity index (χ3v) is 7.57. The van der Waals surface area contributed by atoms with E-state index in [0.717, 1.165) is 59.4 Å². The van der Waals surface area contributed by atoms with Crippen molar-refractivity contribution in [3.8, 4) is 16.9 Å². The Kier molecular flexibility index (Phi) is 6.67. The van der Waals surface area contributed by atoms with E-state index in [4.69, 9.17) is 9.47 Å². The summed E-state index contributed by atoms with van der Waals surface area (Å²) in [6.07, 6.45) is 3.21. The summed E-state index contributed by atoms with van der Waals surface area (Å²) in [6, 6.07) is 20.9. The van der Waals surface area contributed by atoms with Gasteiger partial charge in [0.2, 0.25) is 5.91 Å². The van der Waals surface area contributed by atoms with Gasteiger partial charge < -0.3 is 14.4 Å². The molecule has 0 aromatic heterocycles. The number of likely N-dealkylation sites (N-methyl/N-ethyl adjacent to an activating group) is 1. The predicted octanol–water partition coefficient (Wildman–Crippen LogP) is 5.05. The zero-order chi connectivity index (χ0) is 25.3. The SMILES string of the molecule is COCC(=O)N(C)Cc1ccc(-c2cc(CC(=O)C3(c4ccc5c(c4)CCO5)CC3)ccc2C)cc1. The van der Waals surface area contributed by atoms with Gasteiger partial charge in [-0.15, -0.1) is 0 Å². The summed E-state index contributed by atoms with van der Waals surface area (Å²) in [5.41, 5.74) is 7.56. The highest BCUT2D eigenvalue weighted by atomic mass is 16.5. The van der Waals surface area contributed by atoms with E-state index in [9.17, 15) is 9.59 Å². The highest BCUT2D eigenvalue weighted by Crippen LogP contribution is 2.50. The maximum absolute atomic E-state index is 13.5. The van der Waals surface area contributed by atoms with Crippen molar-refractivity contribution in [3.63, 3.8) is 0 Å². The maximum Gasteiger partial charge on any atom is 0.248 e. The quantitative estimate of drug-likeness (QED) is 0.428. The monoisotopic (exact) mass is 483 g/mol. The molecule has 1 saturated carbocycles. The number of fused-ring (bicyclic) bond motifs is 1. The van der Waals surface area contributed by atoms with Gasteiger partial charge >= 0.3 is 0 Å². The summed E-state index contributed by atoms with van der Waals surface area (Å²) in [5, 5.41) is 0. The smallest absolute Gasteiger partial charge is 0.248 e. The lowest BCUT2D eigenvalue weighted by Gasteiger charge is -2.18. The number of methoxy groups -OCH3 is 1. The Morgan fingerprint density at radius 2 is 1.75 bits per heavy atom. The maximum atomic E-state index is 13.5. The third-order valence-electron chi connectivity index (χ3n) is 7.57. The van der Waals surface area contributed by atoms with E-state index < -0.39 is 0 Å². The minimum absolute atomic E-state index is 0.0450. The molecule has 3 aromatic carbocycles. The first-order chi connectivity index (χ1) is 17.4. The van der Waals surface area contributed by atoms with Crippen molar-refractivity contribution in [2.45, 2.75) is 44.6 Å². The van der Waals surface area contributed by atoms with Crippen molar-refractivity contribution in [2.24, 2.45) is 0 Å². The average Bonchev–Trinajstić information content (AvgIpc) is 3.56. The first-order valence-corrected chi connectivity index (χ1v) is 12.6. The Balaban J connectivity index is 1.30. The van der Waals surface area contributed by atoms with E-state index in [-0.39, 0.29) is 17.9 Å². The second-order valence-corrected chi connectivity index (χ2v) is 10.1. The minimum atomic E-state index is -0.337. The van der Waals surface area contributed by atoms with E-state index in [2.05, 4.69) is 61.5 Å². The lowest BCUT2D eigenvalue weighted by Crippen LogP contribution is -2.29. The number of carbonyl (C=O) groups excluding carboxylic acids is 2. The van der Waals surface area contributed by atoms with Crippen LogP contribution in [0.25, 0.3) is 11.1 Å². The van der Waals surface area contributed by atoms with Crippen LogP contribution in [-0.2, 0) is 39.1 Å². The van der Waals surface area contributed by atoms with Gasteiger partial charge in [-0.25, -0.2) is 0 Å². The molecule has 1 heterocycles. The Morgan fingerprint density at radius 3 is 2.47 bits per heavy atom. The zero-order valence-corrected chi connectivity index (χ0v) is 21.3. The molecule has 1 aliphatic carbocycles. The standard InChI is InChI=1S/C31H33NO4/c1-21-4-5-23(16-27(21)24-8-6-22(7-9-24)19-32(2)30(34)20-35-3)17-29(33)31(13-14-31)26-10-11-28-25(18-26)12-15-36-28/h4-11,16,18H,12-15,17,19-20H2,1-3H3. The molecule has 0 saturated heterocycles. The van der Waals surface area contributed by atoms with Crippen LogP contribution in [0.5, 0.6) is 5.75 Å². The van der Waals surface area contributed by atoms with Crippen LogP contribution < -0.4 is 4.74 Å². The highest BCUT2D eigenvalue weighted by Gasteiger charge is 2.50. The number of carbonyl (C=O) groups is 2. The number of nitrogens with zero attached hydrogens (tertiary/aromatic N) is 1. The van der Waals surface area contributed by atoms with Crippen molar-refractivity contribution in [1.82, 2.24) is 4.90 Å². The van der Waals surface area contributed by atoms with Crippen LogP contribution in [0, 0.1) is 6.92 Å². The first-order valence-electron chi connectivity index (χ1n) is 12.6. The molecule has 5 nitrogen and oxygen atoms in total. The first kappa shape index (κ1) is 24.3. The fourth-order valence-electron chi connectivity index (χ4n) is 5.17. The Hall–Kier alpha value is -3.44. The molecule has 1 fully saturated rings. The Labute approximate surface area is 213 Å². The van der Waals surface area contributed by atoms with Gasteiger partial charge in [0.05, 0.1) is 12.0 Å². The van der Waals surface area contributed by atoms with Gasteiger partial charge in [-0.2, -0.15) is 0 Å². The second kappa shape index (κ2) is 9.90. The number of aryl methyl sites for hydroxylation is 1. The Morgan fingerprint density at radius 1 is 1.00 bits per heavy atom. The molecule has 0 spiro atoms. The summed E-state index contributed by atoms with van der Waals surface area (Å²) < 4.78 is 10.6. The third kappa shape index (κ3) is 4.80. The number of amides is 1. The summed E-state index contributed by atoms with van der Waals surface area (Å²) in [4.78, 5) is 27.2. The highest BCUT2D eigenvalue weighted by molar-refractivity contribution is 5.95. The van der Waals surface area contributed by atoms with Gasteiger partial charge in [0.15, 0.2) is 0 Å². The van der Waals surface area contributed by atoms with Gasteiger partial charge in [0.25, 0.3) is 0 Å². The summed E-state index contributed by atoms with van der Waals surface area (Å²) in [5.74, 6) is 1.22. The molecular formula is C31H33NO4. The van der Waals surface area contributed by atoms with Crippen molar-refractivity contribution >= 4 is 11.7 Å². The fourth-order valence-corrected chi connectivity index (χ4v) is 5.17. The molecular weight excluding hydrogens is 450 g/mol. The molecule has 0 radical (unpaired) electrons. The topological polar surface area (TPSA) is 55.8 Å². The van der Waals surface area contributed by atoms with Crippen molar-refractivity contribution < 1.29 is 19.1 Å². The van der Waals surface area contributed by atoms with Gasteiger partial charge in [-0.3, -0.25) is 9.59 Å². The van der Waals surface area contributed by atoms with Gasteiger partial charge in [-0.05, 0) is 64.8 Å². The second-order valence-electron chi connectivity index (χ2n) is 10.1. The van der Waals surface area contributed by atoms with Crippen LogP contribution in [0.3, 0.4) is 0 Å². The van der Waals surface area contributed by atoms with Gasteiger partial charge in [0.1, 0.15) is 18.1 Å².